The normalized spacial score (nSPS) is 28.6. The third kappa shape index (κ3) is 2.16. The molecular weight excluding hydrogens is 221 g/mol. The van der Waals surface area contributed by atoms with Gasteiger partial charge in [-0.25, -0.2) is 0 Å². The SMILES string of the molecule is O=C(NC1(C(F)(F)F)CC1)C1CCCNC1. The standard InChI is InChI=1S/C10H15F3N2O/c11-10(12,13)9(3-4-9)15-8(16)7-2-1-5-14-6-7/h7,14H,1-6H2,(H,15,16). The maximum Gasteiger partial charge on any atom is 0.411 e. The van der Waals surface area contributed by atoms with Crippen LogP contribution in [0.5, 0.6) is 0 Å². The summed E-state index contributed by atoms with van der Waals surface area (Å²) in [7, 11) is 0. The monoisotopic (exact) mass is 236 g/mol. The molecule has 1 amide bonds. The van der Waals surface area contributed by atoms with Crippen molar-refractivity contribution >= 4 is 5.91 Å². The highest BCUT2D eigenvalue weighted by molar-refractivity contribution is 5.80. The van der Waals surface area contributed by atoms with E-state index in [1.165, 1.54) is 0 Å². The summed E-state index contributed by atoms with van der Waals surface area (Å²) in [5, 5.41) is 5.19. The minimum atomic E-state index is -4.31. The average Bonchev–Trinajstić information content (AvgIpc) is 2.99. The van der Waals surface area contributed by atoms with Gasteiger partial charge in [-0.1, -0.05) is 0 Å². The van der Waals surface area contributed by atoms with E-state index in [2.05, 4.69) is 10.6 Å². The Balaban J connectivity index is 1.92. The molecule has 16 heavy (non-hydrogen) atoms. The van der Waals surface area contributed by atoms with Crippen LogP contribution in [0.15, 0.2) is 0 Å². The van der Waals surface area contributed by atoms with E-state index in [1.807, 2.05) is 0 Å². The van der Waals surface area contributed by atoms with E-state index >= 15 is 0 Å². The summed E-state index contributed by atoms with van der Waals surface area (Å²) < 4.78 is 37.8. The minimum absolute atomic E-state index is 0.0163. The number of amides is 1. The molecule has 2 aliphatic rings. The van der Waals surface area contributed by atoms with Crippen LogP contribution in [-0.4, -0.2) is 30.7 Å². The molecule has 6 heteroatoms. The molecule has 2 fully saturated rings. The van der Waals surface area contributed by atoms with Gasteiger partial charge >= 0.3 is 6.18 Å². The van der Waals surface area contributed by atoms with Crippen molar-refractivity contribution in [3.8, 4) is 0 Å². The van der Waals surface area contributed by atoms with Crippen molar-refractivity contribution < 1.29 is 18.0 Å². The summed E-state index contributed by atoms with van der Waals surface area (Å²) in [5.74, 6) is -0.768. The first-order valence-electron chi connectivity index (χ1n) is 5.54. The number of hydrogen-bond acceptors (Lipinski definition) is 2. The van der Waals surface area contributed by atoms with Crippen LogP contribution in [-0.2, 0) is 4.79 Å². The van der Waals surface area contributed by atoms with Gasteiger partial charge in [0.05, 0.1) is 5.92 Å². The molecule has 0 aromatic carbocycles. The fourth-order valence-electron chi connectivity index (χ4n) is 2.02. The van der Waals surface area contributed by atoms with Gasteiger partial charge < -0.3 is 10.6 Å². The Morgan fingerprint density at radius 1 is 1.38 bits per heavy atom. The lowest BCUT2D eigenvalue weighted by atomic mass is 9.98. The summed E-state index contributed by atoms with van der Waals surface area (Å²) in [6, 6.07) is 0. The molecule has 2 rings (SSSR count). The Bertz CT molecular complexity index is 280. The van der Waals surface area contributed by atoms with Gasteiger partial charge in [-0.15, -0.1) is 0 Å². The van der Waals surface area contributed by atoms with Crippen molar-refractivity contribution in [2.24, 2.45) is 5.92 Å². The average molecular weight is 236 g/mol. The number of alkyl halides is 3. The molecule has 3 nitrogen and oxygen atoms in total. The van der Waals surface area contributed by atoms with Crippen molar-refractivity contribution in [3.63, 3.8) is 0 Å². The van der Waals surface area contributed by atoms with Gasteiger partial charge in [-0.3, -0.25) is 4.79 Å². The summed E-state index contributed by atoms with van der Waals surface area (Å²) in [6.07, 6.45) is -2.76. The topological polar surface area (TPSA) is 41.1 Å². The van der Waals surface area contributed by atoms with Crippen LogP contribution in [0.4, 0.5) is 13.2 Å². The van der Waals surface area contributed by atoms with Crippen molar-refractivity contribution in [1.29, 1.82) is 0 Å². The fraction of sp³-hybridized carbons (Fsp3) is 0.900. The molecule has 1 aliphatic carbocycles. The Morgan fingerprint density at radius 3 is 2.50 bits per heavy atom. The highest BCUT2D eigenvalue weighted by Crippen LogP contribution is 2.49. The van der Waals surface area contributed by atoms with E-state index in [-0.39, 0.29) is 18.8 Å². The molecule has 0 aromatic rings. The zero-order valence-electron chi connectivity index (χ0n) is 8.86. The molecule has 1 aliphatic heterocycles. The second-order valence-corrected chi connectivity index (χ2v) is 4.61. The molecule has 1 heterocycles. The molecule has 0 radical (unpaired) electrons. The number of hydrogen-bond donors (Lipinski definition) is 2. The van der Waals surface area contributed by atoms with E-state index in [4.69, 9.17) is 0 Å². The molecule has 1 unspecified atom stereocenters. The fourth-order valence-corrected chi connectivity index (χ4v) is 2.02. The van der Waals surface area contributed by atoms with Crippen LogP contribution >= 0.6 is 0 Å². The van der Waals surface area contributed by atoms with Crippen LogP contribution in [0.2, 0.25) is 0 Å². The van der Waals surface area contributed by atoms with Crippen LogP contribution in [0.25, 0.3) is 0 Å². The molecule has 0 bridgehead atoms. The Hall–Kier alpha value is -0.780. The smallest absolute Gasteiger partial charge is 0.342 e. The lowest BCUT2D eigenvalue weighted by molar-refractivity contribution is -0.171. The molecule has 1 atom stereocenters. The number of rotatable bonds is 2. The number of nitrogens with one attached hydrogen (secondary N) is 2. The predicted octanol–water partition coefficient (Wildman–Crippen LogP) is 1.20. The Labute approximate surface area is 91.8 Å². The number of halogens is 3. The molecule has 1 saturated carbocycles. The lowest BCUT2D eigenvalue weighted by Crippen LogP contribution is -2.51. The third-order valence-electron chi connectivity index (χ3n) is 3.32. The molecule has 92 valence electrons. The molecular formula is C10H15F3N2O. The van der Waals surface area contributed by atoms with Gasteiger partial charge in [0.1, 0.15) is 5.54 Å². The van der Waals surface area contributed by atoms with Gasteiger partial charge in [-0.05, 0) is 32.2 Å². The van der Waals surface area contributed by atoms with Gasteiger partial charge in [0.2, 0.25) is 5.91 Å². The van der Waals surface area contributed by atoms with E-state index in [0.29, 0.717) is 13.0 Å². The van der Waals surface area contributed by atoms with Crippen LogP contribution in [0.3, 0.4) is 0 Å². The van der Waals surface area contributed by atoms with Crippen LogP contribution in [0.1, 0.15) is 25.7 Å². The largest absolute Gasteiger partial charge is 0.411 e. The van der Waals surface area contributed by atoms with Gasteiger partial charge in [0.25, 0.3) is 0 Å². The number of piperidine rings is 1. The second kappa shape index (κ2) is 3.91. The molecule has 0 spiro atoms. The lowest BCUT2D eigenvalue weighted by Gasteiger charge is -2.26. The highest BCUT2D eigenvalue weighted by atomic mass is 19.4. The maximum absolute atomic E-state index is 12.6. The Kier molecular flexibility index (Phi) is 2.86. The summed E-state index contributed by atoms with van der Waals surface area (Å²) in [5.41, 5.74) is -1.92. The van der Waals surface area contributed by atoms with E-state index in [9.17, 15) is 18.0 Å². The van der Waals surface area contributed by atoms with Crippen molar-refractivity contribution in [1.82, 2.24) is 10.6 Å². The summed E-state index contributed by atoms with van der Waals surface area (Å²) in [6.45, 7) is 1.33. The zero-order valence-corrected chi connectivity index (χ0v) is 8.86. The van der Waals surface area contributed by atoms with Gasteiger partial charge in [-0.2, -0.15) is 13.2 Å². The molecule has 1 saturated heterocycles. The first-order valence-corrected chi connectivity index (χ1v) is 5.54. The van der Waals surface area contributed by atoms with E-state index in [1.54, 1.807) is 0 Å². The zero-order chi connectivity index (χ0) is 11.8. The van der Waals surface area contributed by atoms with Crippen LogP contribution < -0.4 is 10.6 Å². The molecule has 0 aromatic heterocycles. The van der Waals surface area contributed by atoms with Crippen molar-refractivity contribution in [3.05, 3.63) is 0 Å². The quantitative estimate of drug-likeness (QED) is 0.756. The Morgan fingerprint density at radius 2 is 2.06 bits per heavy atom. The first kappa shape index (κ1) is 11.7. The second-order valence-electron chi connectivity index (χ2n) is 4.61. The summed E-state index contributed by atoms with van der Waals surface area (Å²) in [4.78, 5) is 11.6. The van der Waals surface area contributed by atoms with Gasteiger partial charge in [0, 0.05) is 6.54 Å². The summed E-state index contributed by atoms with van der Waals surface area (Å²) >= 11 is 0. The minimum Gasteiger partial charge on any atom is -0.342 e. The van der Waals surface area contributed by atoms with E-state index in [0.717, 1.165) is 13.0 Å². The third-order valence-corrected chi connectivity index (χ3v) is 3.32. The number of carbonyl (C=O) groups is 1. The first-order chi connectivity index (χ1) is 7.45. The predicted molar refractivity (Wildman–Crippen MR) is 51.8 cm³/mol. The maximum atomic E-state index is 12.6. The van der Waals surface area contributed by atoms with Crippen molar-refractivity contribution in [2.75, 3.05) is 13.1 Å². The van der Waals surface area contributed by atoms with E-state index < -0.39 is 17.6 Å². The van der Waals surface area contributed by atoms with Crippen LogP contribution in [0, 0.1) is 5.92 Å². The molecule has 2 N–H and O–H groups in total. The van der Waals surface area contributed by atoms with Crippen molar-refractivity contribution in [2.45, 2.75) is 37.4 Å². The van der Waals surface area contributed by atoms with Gasteiger partial charge in [0.15, 0.2) is 0 Å². The number of carbonyl (C=O) groups excluding carboxylic acids is 1. The highest BCUT2D eigenvalue weighted by Gasteiger charge is 2.64.